The van der Waals surface area contributed by atoms with Crippen LogP contribution in [-0.4, -0.2) is 45.1 Å². The normalized spacial score (nSPS) is 26.5. The second-order valence-electron chi connectivity index (χ2n) is 8.14. The summed E-state index contributed by atoms with van der Waals surface area (Å²) in [6, 6.07) is 10.5. The van der Waals surface area contributed by atoms with Crippen molar-refractivity contribution in [2.24, 2.45) is 5.92 Å². The van der Waals surface area contributed by atoms with E-state index in [1.165, 1.54) is 18.2 Å². The summed E-state index contributed by atoms with van der Waals surface area (Å²) >= 11 is 0. The maximum Gasteiger partial charge on any atom is 0.273 e. The zero-order chi connectivity index (χ0) is 19.8. The monoisotopic (exact) mass is 393 g/mol. The van der Waals surface area contributed by atoms with Gasteiger partial charge in [-0.2, -0.15) is 4.98 Å². The van der Waals surface area contributed by atoms with Crippen LogP contribution in [0.2, 0.25) is 0 Å². The van der Waals surface area contributed by atoms with Crippen molar-refractivity contribution < 1.29 is 13.7 Å². The number of carbonyl (C=O) groups excluding carboxylic acids is 1. The molecule has 0 spiro atoms. The number of nitrogens with one attached hydrogen (secondary N) is 1. The van der Waals surface area contributed by atoms with Gasteiger partial charge in [0.1, 0.15) is 6.26 Å². The molecule has 1 amide bonds. The molecular formula is C21H23N5O3. The number of likely N-dealkylation sites (tertiary alicyclic amines) is 1. The molecule has 5 rings (SSSR count). The van der Waals surface area contributed by atoms with E-state index in [0.717, 1.165) is 32.5 Å². The first-order valence-corrected chi connectivity index (χ1v) is 9.88. The molecule has 1 aromatic carbocycles. The smallest absolute Gasteiger partial charge is 0.273 e. The molecule has 3 heterocycles. The van der Waals surface area contributed by atoms with Crippen molar-refractivity contribution in [3.05, 3.63) is 66.0 Å². The highest BCUT2D eigenvalue weighted by molar-refractivity contribution is 5.92. The molecule has 29 heavy (non-hydrogen) atoms. The first-order chi connectivity index (χ1) is 14.1. The van der Waals surface area contributed by atoms with Crippen LogP contribution in [0.25, 0.3) is 0 Å². The summed E-state index contributed by atoms with van der Waals surface area (Å²) in [4.78, 5) is 23.4. The molecule has 8 heteroatoms. The van der Waals surface area contributed by atoms with Gasteiger partial charge in [-0.3, -0.25) is 9.69 Å². The maximum absolute atomic E-state index is 12.4. The summed E-state index contributed by atoms with van der Waals surface area (Å²) in [7, 11) is 0. The predicted octanol–water partition coefficient (Wildman–Crippen LogP) is 2.33. The van der Waals surface area contributed by atoms with Crippen LogP contribution < -0.4 is 5.32 Å². The Kier molecular flexibility index (Phi) is 4.43. The fraction of sp³-hybridized carbons (Fsp3) is 0.429. The molecule has 1 aliphatic carbocycles. The first kappa shape index (κ1) is 18.1. The van der Waals surface area contributed by atoms with E-state index in [4.69, 9.17) is 8.94 Å². The van der Waals surface area contributed by atoms with Crippen molar-refractivity contribution >= 4 is 5.91 Å². The molecule has 150 valence electrons. The van der Waals surface area contributed by atoms with Gasteiger partial charge in [0.05, 0.1) is 5.41 Å². The third-order valence-electron chi connectivity index (χ3n) is 6.15. The molecule has 2 aliphatic rings. The van der Waals surface area contributed by atoms with E-state index < -0.39 is 0 Å². The Morgan fingerprint density at radius 3 is 2.93 bits per heavy atom. The summed E-state index contributed by atoms with van der Waals surface area (Å²) in [6.07, 6.45) is 4.27. The van der Waals surface area contributed by atoms with Crippen molar-refractivity contribution in [1.29, 1.82) is 0 Å². The molecule has 2 aromatic heterocycles. The van der Waals surface area contributed by atoms with Crippen LogP contribution in [0.3, 0.4) is 0 Å². The lowest BCUT2D eigenvalue weighted by Crippen LogP contribution is -2.38. The van der Waals surface area contributed by atoms with Crippen LogP contribution in [0, 0.1) is 12.8 Å². The molecular weight excluding hydrogens is 370 g/mol. The molecule has 1 saturated carbocycles. The highest BCUT2D eigenvalue weighted by Gasteiger charge is 2.57. The largest absolute Gasteiger partial charge is 0.451 e. The third-order valence-corrected chi connectivity index (χ3v) is 6.15. The molecule has 3 aromatic rings. The number of fused-ring (bicyclic) bond motifs is 1. The lowest BCUT2D eigenvalue weighted by atomic mass is 9.80. The van der Waals surface area contributed by atoms with Gasteiger partial charge in [0, 0.05) is 25.7 Å². The van der Waals surface area contributed by atoms with Crippen LogP contribution in [0.5, 0.6) is 0 Å². The zero-order valence-electron chi connectivity index (χ0n) is 16.2. The topological polar surface area (TPSA) is 97.3 Å². The minimum Gasteiger partial charge on any atom is -0.451 e. The minimum atomic E-state index is -0.238. The molecule has 3 atom stereocenters. The number of amides is 1. The lowest BCUT2D eigenvalue weighted by Gasteiger charge is -2.25. The molecule has 1 aliphatic heterocycles. The van der Waals surface area contributed by atoms with E-state index >= 15 is 0 Å². The number of aryl methyl sites for hydroxylation is 1. The van der Waals surface area contributed by atoms with Crippen LogP contribution in [0.15, 0.2) is 51.9 Å². The SMILES string of the molecule is Cc1noc(C23CC(NC(=O)c4cocn4)CC2CN(Cc2ccccc2)C3)n1. The van der Waals surface area contributed by atoms with Gasteiger partial charge in [0.15, 0.2) is 17.9 Å². The highest BCUT2D eigenvalue weighted by Crippen LogP contribution is 2.50. The second-order valence-corrected chi connectivity index (χ2v) is 8.14. The van der Waals surface area contributed by atoms with E-state index in [2.05, 4.69) is 49.6 Å². The molecule has 2 fully saturated rings. The first-order valence-electron chi connectivity index (χ1n) is 9.88. The van der Waals surface area contributed by atoms with Gasteiger partial charge in [0.2, 0.25) is 5.89 Å². The number of benzene rings is 1. The fourth-order valence-corrected chi connectivity index (χ4v) is 4.96. The fourth-order valence-electron chi connectivity index (χ4n) is 4.96. The second kappa shape index (κ2) is 7.11. The van der Waals surface area contributed by atoms with Crippen molar-refractivity contribution in [3.63, 3.8) is 0 Å². The van der Waals surface area contributed by atoms with Gasteiger partial charge < -0.3 is 14.3 Å². The van der Waals surface area contributed by atoms with Crippen LogP contribution in [-0.2, 0) is 12.0 Å². The van der Waals surface area contributed by atoms with Crippen molar-refractivity contribution in [2.45, 2.75) is 37.8 Å². The Labute approximate surface area is 168 Å². The number of rotatable bonds is 5. The van der Waals surface area contributed by atoms with Gasteiger partial charge in [-0.05, 0) is 31.2 Å². The lowest BCUT2D eigenvalue weighted by molar-refractivity contribution is 0.0928. The number of carbonyl (C=O) groups is 1. The Morgan fingerprint density at radius 2 is 2.21 bits per heavy atom. The highest BCUT2D eigenvalue weighted by atomic mass is 16.5. The average molecular weight is 393 g/mol. The minimum absolute atomic E-state index is 0.0373. The Bertz CT molecular complexity index is 987. The standard InChI is InChI=1S/C21H23N5O3/c1-14-23-20(29-25-14)21-8-17(24-19(27)18-11-28-13-22-18)7-16(21)10-26(12-21)9-15-5-3-2-4-6-15/h2-6,11,13,16-17H,7-10,12H2,1H3,(H,24,27). The van der Waals surface area contributed by atoms with Gasteiger partial charge in [0.25, 0.3) is 5.91 Å². The molecule has 0 radical (unpaired) electrons. The third kappa shape index (κ3) is 3.33. The number of nitrogens with zero attached hydrogens (tertiary/aromatic N) is 4. The van der Waals surface area contributed by atoms with Gasteiger partial charge in [-0.15, -0.1) is 0 Å². The Hall–Kier alpha value is -3.00. The summed E-state index contributed by atoms with van der Waals surface area (Å²) in [5, 5.41) is 7.14. The summed E-state index contributed by atoms with van der Waals surface area (Å²) in [5.41, 5.74) is 1.35. The Balaban J connectivity index is 1.36. The van der Waals surface area contributed by atoms with Crippen molar-refractivity contribution in [3.8, 4) is 0 Å². The number of aromatic nitrogens is 3. The van der Waals surface area contributed by atoms with E-state index in [1.54, 1.807) is 0 Å². The van der Waals surface area contributed by atoms with E-state index in [-0.39, 0.29) is 17.4 Å². The van der Waals surface area contributed by atoms with E-state index in [0.29, 0.717) is 23.3 Å². The zero-order valence-corrected chi connectivity index (χ0v) is 16.2. The van der Waals surface area contributed by atoms with Gasteiger partial charge >= 0.3 is 0 Å². The molecule has 1 saturated heterocycles. The van der Waals surface area contributed by atoms with Gasteiger partial charge in [-0.1, -0.05) is 35.5 Å². The predicted molar refractivity (Wildman–Crippen MR) is 103 cm³/mol. The van der Waals surface area contributed by atoms with Crippen LogP contribution in [0.1, 0.15) is 40.6 Å². The summed E-state index contributed by atoms with van der Waals surface area (Å²) < 4.78 is 10.6. The molecule has 3 unspecified atom stereocenters. The molecule has 1 N–H and O–H groups in total. The Morgan fingerprint density at radius 1 is 1.34 bits per heavy atom. The molecule has 8 nitrogen and oxygen atoms in total. The summed E-state index contributed by atoms with van der Waals surface area (Å²) in [6.45, 7) is 4.51. The summed E-state index contributed by atoms with van der Waals surface area (Å²) in [5.74, 6) is 1.47. The number of oxazole rings is 1. The average Bonchev–Trinajstić information content (AvgIpc) is 3.46. The van der Waals surface area contributed by atoms with Crippen molar-refractivity contribution in [1.82, 2.24) is 25.3 Å². The van der Waals surface area contributed by atoms with Crippen LogP contribution >= 0.6 is 0 Å². The van der Waals surface area contributed by atoms with E-state index in [9.17, 15) is 4.79 Å². The van der Waals surface area contributed by atoms with Gasteiger partial charge in [-0.25, -0.2) is 4.98 Å². The van der Waals surface area contributed by atoms with Crippen LogP contribution in [0.4, 0.5) is 0 Å². The van der Waals surface area contributed by atoms with E-state index in [1.807, 2.05) is 13.0 Å². The maximum atomic E-state index is 12.4. The quantitative estimate of drug-likeness (QED) is 0.710. The number of hydrogen-bond donors (Lipinski definition) is 1. The number of hydrogen-bond acceptors (Lipinski definition) is 7. The molecule has 0 bridgehead atoms. The van der Waals surface area contributed by atoms with Crippen molar-refractivity contribution in [2.75, 3.05) is 13.1 Å².